The van der Waals surface area contributed by atoms with Crippen LogP contribution in [0.1, 0.15) is 30.1 Å². The van der Waals surface area contributed by atoms with E-state index in [2.05, 4.69) is 5.32 Å². The number of nitrogens with zero attached hydrogens (tertiary/aromatic N) is 1. The molecule has 6 nitrogen and oxygen atoms in total. The number of rotatable bonds is 5. The number of nitrogens with one attached hydrogen (secondary N) is 1. The largest absolute Gasteiger partial charge is 0.457 e. The summed E-state index contributed by atoms with van der Waals surface area (Å²) in [6.07, 6.45) is 3.17. The van der Waals surface area contributed by atoms with Gasteiger partial charge in [0.2, 0.25) is 11.8 Å². The minimum absolute atomic E-state index is 0.231. The predicted octanol–water partition coefficient (Wildman–Crippen LogP) is 5.58. The number of ether oxygens (including phenoxy) is 1. The van der Waals surface area contributed by atoms with Gasteiger partial charge in [0.25, 0.3) is 5.91 Å². The molecule has 0 radical (unpaired) electrons. The van der Waals surface area contributed by atoms with E-state index in [4.69, 9.17) is 4.74 Å². The van der Waals surface area contributed by atoms with Gasteiger partial charge in [-0.05, 0) is 68.3 Å². The molecule has 1 aliphatic heterocycles. The zero-order valence-corrected chi connectivity index (χ0v) is 18.7. The summed E-state index contributed by atoms with van der Waals surface area (Å²) >= 11 is 0. The Morgan fingerprint density at radius 2 is 1.50 bits per heavy atom. The van der Waals surface area contributed by atoms with Gasteiger partial charge in [0.1, 0.15) is 11.5 Å². The quantitative estimate of drug-likeness (QED) is 0.405. The van der Waals surface area contributed by atoms with Crippen molar-refractivity contribution in [1.82, 2.24) is 0 Å². The molecule has 3 aromatic carbocycles. The standard InChI is InChI=1S/C28H24N2O4/c1-18-11-16-22-24(17-18)28(33)30(27(22)32)25-10-6-5-9-23(25)26(31)29-19-12-14-21(15-13-19)34-20-7-3-2-4-8-20/h2-15,22,24H,16-17H2,1H3,(H,29,31)/t22-,24-/m1/s1. The normalized spacial score (nSPS) is 19.4. The van der Waals surface area contributed by atoms with Gasteiger partial charge in [0.15, 0.2) is 0 Å². The summed E-state index contributed by atoms with van der Waals surface area (Å²) < 4.78 is 5.79. The van der Waals surface area contributed by atoms with Gasteiger partial charge in [-0.3, -0.25) is 14.4 Å². The van der Waals surface area contributed by atoms with E-state index in [1.165, 1.54) is 4.90 Å². The number of imide groups is 1. The maximum absolute atomic E-state index is 13.1. The van der Waals surface area contributed by atoms with E-state index < -0.39 is 5.91 Å². The lowest BCUT2D eigenvalue weighted by Crippen LogP contribution is -2.33. The first kappa shape index (κ1) is 21.6. The van der Waals surface area contributed by atoms with Gasteiger partial charge < -0.3 is 10.1 Å². The van der Waals surface area contributed by atoms with E-state index in [0.717, 1.165) is 11.3 Å². The third-order valence-electron chi connectivity index (χ3n) is 6.30. The highest BCUT2D eigenvalue weighted by Gasteiger charge is 2.49. The van der Waals surface area contributed by atoms with Crippen LogP contribution in [0.5, 0.6) is 11.5 Å². The van der Waals surface area contributed by atoms with E-state index in [-0.39, 0.29) is 29.2 Å². The lowest BCUT2D eigenvalue weighted by molar-refractivity contribution is -0.122. The zero-order valence-electron chi connectivity index (χ0n) is 18.7. The molecule has 170 valence electrons. The monoisotopic (exact) mass is 452 g/mol. The molecule has 1 heterocycles. The minimum atomic E-state index is -0.392. The topological polar surface area (TPSA) is 75.7 Å². The lowest BCUT2D eigenvalue weighted by Gasteiger charge is -2.19. The van der Waals surface area contributed by atoms with E-state index in [9.17, 15) is 14.4 Å². The molecule has 0 spiro atoms. The Morgan fingerprint density at radius 3 is 2.26 bits per heavy atom. The van der Waals surface area contributed by atoms with Gasteiger partial charge in [-0.1, -0.05) is 42.0 Å². The molecule has 0 saturated carbocycles. The van der Waals surface area contributed by atoms with Crippen LogP contribution in [-0.2, 0) is 9.59 Å². The molecule has 0 aromatic heterocycles. The molecule has 5 rings (SSSR count). The molecule has 0 unspecified atom stereocenters. The summed E-state index contributed by atoms with van der Waals surface area (Å²) in [7, 11) is 0. The number of amides is 3. The molecule has 34 heavy (non-hydrogen) atoms. The molecule has 3 aromatic rings. The smallest absolute Gasteiger partial charge is 0.257 e. The van der Waals surface area contributed by atoms with Crippen LogP contribution in [0.2, 0.25) is 0 Å². The summed E-state index contributed by atoms with van der Waals surface area (Å²) in [5.74, 6) is -0.206. The Bertz CT molecular complexity index is 1280. The predicted molar refractivity (Wildman–Crippen MR) is 130 cm³/mol. The van der Waals surface area contributed by atoms with Crippen molar-refractivity contribution in [3.05, 3.63) is 96.1 Å². The van der Waals surface area contributed by atoms with Gasteiger partial charge in [-0.2, -0.15) is 0 Å². The van der Waals surface area contributed by atoms with Gasteiger partial charge in [-0.15, -0.1) is 0 Å². The summed E-state index contributed by atoms with van der Waals surface area (Å²) in [5, 5.41) is 2.86. The SMILES string of the molecule is CC1=CC[C@H]2C(=O)N(c3ccccc3C(=O)Nc3ccc(Oc4ccccc4)cc3)C(=O)[C@@H]2C1. The summed E-state index contributed by atoms with van der Waals surface area (Å²) in [5.41, 5.74) is 2.30. The second kappa shape index (κ2) is 8.98. The number of para-hydroxylation sites is 2. The van der Waals surface area contributed by atoms with Crippen LogP contribution in [0.3, 0.4) is 0 Å². The van der Waals surface area contributed by atoms with Gasteiger partial charge in [0, 0.05) is 5.69 Å². The van der Waals surface area contributed by atoms with Crippen molar-refractivity contribution in [2.45, 2.75) is 19.8 Å². The maximum atomic E-state index is 13.1. The van der Waals surface area contributed by atoms with E-state index >= 15 is 0 Å². The van der Waals surface area contributed by atoms with Gasteiger partial charge in [-0.25, -0.2) is 4.90 Å². The van der Waals surface area contributed by atoms with Crippen LogP contribution < -0.4 is 15.0 Å². The molecule has 6 heteroatoms. The molecular formula is C28H24N2O4. The van der Waals surface area contributed by atoms with Crippen LogP contribution in [0.4, 0.5) is 11.4 Å². The first-order valence-corrected chi connectivity index (χ1v) is 11.3. The summed E-state index contributed by atoms with van der Waals surface area (Å²) in [4.78, 5) is 40.6. The van der Waals surface area contributed by atoms with Crippen LogP contribution in [0.15, 0.2) is 90.5 Å². The third kappa shape index (κ3) is 4.10. The highest BCUT2D eigenvalue weighted by Crippen LogP contribution is 2.40. The van der Waals surface area contributed by atoms with Crippen LogP contribution >= 0.6 is 0 Å². The number of carbonyl (C=O) groups is 3. The fourth-order valence-electron chi connectivity index (χ4n) is 4.56. The first-order valence-electron chi connectivity index (χ1n) is 11.3. The third-order valence-corrected chi connectivity index (χ3v) is 6.30. The van der Waals surface area contributed by atoms with E-state index in [1.807, 2.05) is 43.3 Å². The molecule has 3 amide bonds. The Kier molecular flexibility index (Phi) is 5.72. The Balaban J connectivity index is 1.34. The number of hydrogen-bond acceptors (Lipinski definition) is 4. The second-order valence-electron chi connectivity index (χ2n) is 8.63. The van der Waals surface area contributed by atoms with Gasteiger partial charge in [0.05, 0.1) is 23.1 Å². The van der Waals surface area contributed by atoms with Crippen LogP contribution in [0.25, 0.3) is 0 Å². The molecule has 1 aliphatic carbocycles. The summed E-state index contributed by atoms with van der Waals surface area (Å²) in [6, 6.07) is 23.2. The number of benzene rings is 3. The maximum Gasteiger partial charge on any atom is 0.257 e. The van der Waals surface area contributed by atoms with Crippen molar-refractivity contribution < 1.29 is 19.1 Å². The molecule has 1 saturated heterocycles. The first-order chi connectivity index (χ1) is 16.5. The Labute approximate surface area is 197 Å². The number of anilines is 2. The van der Waals surface area contributed by atoms with Crippen molar-refractivity contribution in [3.63, 3.8) is 0 Å². The van der Waals surface area contributed by atoms with E-state index in [1.54, 1.807) is 48.5 Å². The number of fused-ring (bicyclic) bond motifs is 1. The molecule has 2 aliphatic rings. The second-order valence-corrected chi connectivity index (χ2v) is 8.63. The highest BCUT2D eigenvalue weighted by molar-refractivity contribution is 6.25. The van der Waals surface area contributed by atoms with Crippen molar-refractivity contribution in [2.24, 2.45) is 11.8 Å². The number of carbonyl (C=O) groups excluding carboxylic acids is 3. The average Bonchev–Trinajstić information content (AvgIpc) is 3.10. The Morgan fingerprint density at radius 1 is 0.853 bits per heavy atom. The minimum Gasteiger partial charge on any atom is -0.457 e. The fourth-order valence-corrected chi connectivity index (χ4v) is 4.56. The zero-order chi connectivity index (χ0) is 23.7. The number of allylic oxidation sites excluding steroid dienone is 2. The lowest BCUT2D eigenvalue weighted by atomic mass is 9.82. The van der Waals surface area contributed by atoms with Crippen molar-refractivity contribution >= 4 is 29.1 Å². The molecular weight excluding hydrogens is 428 g/mol. The van der Waals surface area contributed by atoms with Crippen molar-refractivity contribution in [3.8, 4) is 11.5 Å². The number of hydrogen-bond donors (Lipinski definition) is 1. The van der Waals surface area contributed by atoms with E-state index in [0.29, 0.717) is 30.0 Å². The highest BCUT2D eigenvalue weighted by atomic mass is 16.5. The summed E-state index contributed by atoms with van der Waals surface area (Å²) in [6.45, 7) is 1.98. The van der Waals surface area contributed by atoms with Crippen molar-refractivity contribution in [1.29, 1.82) is 0 Å². The molecule has 2 atom stereocenters. The van der Waals surface area contributed by atoms with Crippen LogP contribution in [-0.4, -0.2) is 17.7 Å². The fraction of sp³-hybridized carbons (Fsp3) is 0.179. The average molecular weight is 453 g/mol. The molecule has 1 fully saturated rings. The van der Waals surface area contributed by atoms with Crippen molar-refractivity contribution in [2.75, 3.05) is 10.2 Å². The molecule has 0 bridgehead atoms. The molecule has 1 N–H and O–H groups in total. The van der Waals surface area contributed by atoms with Gasteiger partial charge >= 0.3 is 0 Å². The Hall–Kier alpha value is -4.19. The van der Waals surface area contributed by atoms with Crippen LogP contribution in [0, 0.1) is 11.8 Å².